The van der Waals surface area contributed by atoms with Crippen molar-refractivity contribution in [3.05, 3.63) is 44.2 Å². The lowest BCUT2D eigenvalue weighted by atomic mass is 10.0. The maximum absolute atomic E-state index is 12.7. The van der Waals surface area contributed by atoms with E-state index in [9.17, 15) is 9.59 Å². The molecule has 0 amide bonds. The quantitative estimate of drug-likeness (QED) is 0.913. The maximum atomic E-state index is 12.7. The number of fused-ring (bicyclic) bond motifs is 1. The topological polar surface area (TPSA) is 59.3 Å². The van der Waals surface area contributed by atoms with Gasteiger partial charge in [-0.25, -0.2) is 0 Å². The molecule has 1 heterocycles. The van der Waals surface area contributed by atoms with Gasteiger partial charge in [-0.15, -0.1) is 0 Å². The number of hydrogen-bond donors (Lipinski definition) is 1. The fourth-order valence-electron chi connectivity index (χ4n) is 2.74. The molecule has 0 atom stereocenters. The molecule has 1 N–H and O–H groups in total. The number of aliphatic carboxylic acids is 1. The predicted octanol–water partition coefficient (Wildman–Crippen LogP) is 3.67. The summed E-state index contributed by atoms with van der Waals surface area (Å²) in [5.41, 5.74) is 2.26. The zero-order chi connectivity index (χ0) is 15.7. The van der Waals surface area contributed by atoms with Gasteiger partial charge in [0.1, 0.15) is 0 Å². The molecule has 2 aromatic rings. The van der Waals surface area contributed by atoms with Crippen molar-refractivity contribution in [2.45, 2.75) is 39.7 Å². The van der Waals surface area contributed by atoms with E-state index in [2.05, 4.69) is 34.3 Å². The first-order chi connectivity index (χ1) is 9.82. The smallest absolute Gasteiger partial charge is 0.303 e. The van der Waals surface area contributed by atoms with E-state index in [-0.39, 0.29) is 24.3 Å². The van der Waals surface area contributed by atoms with Crippen LogP contribution in [0.3, 0.4) is 0 Å². The van der Waals surface area contributed by atoms with Gasteiger partial charge in [0.05, 0.1) is 5.52 Å². The molecule has 112 valence electrons. The van der Waals surface area contributed by atoms with Crippen LogP contribution in [0.15, 0.2) is 27.5 Å². The lowest BCUT2D eigenvalue weighted by molar-refractivity contribution is -0.136. The number of carbonyl (C=O) groups is 1. The second kappa shape index (κ2) is 6.02. The Morgan fingerprint density at radius 1 is 1.38 bits per heavy atom. The van der Waals surface area contributed by atoms with Crippen molar-refractivity contribution < 1.29 is 9.90 Å². The highest BCUT2D eigenvalue weighted by atomic mass is 79.9. The highest BCUT2D eigenvalue weighted by Crippen LogP contribution is 2.24. The summed E-state index contributed by atoms with van der Waals surface area (Å²) in [7, 11) is 0. The SMILES string of the molecule is Cc1c(CCC(=O)O)c(=O)c2cc(Br)ccc2n1C(C)C. The van der Waals surface area contributed by atoms with E-state index in [1.807, 2.05) is 19.1 Å². The van der Waals surface area contributed by atoms with Crippen molar-refractivity contribution in [2.24, 2.45) is 0 Å². The molecule has 2 rings (SSSR count). The third-order valence-electron chi connectivity index (χ3n) is 3.64. The molecule has 0 unspecified atom stereocenters. The van der Waals surface area contributed by atoms with E-state index in [1.54, 1.807) is 6.07 Å². The van der Waals surface area contributed by atoms with E-state index < -0.39 is 5.97 Å². The predicted molar refractivity (Wildman–Crippen MR) is 87.0 cm³/mol. The van der Waals surface area contributed by atoms with Crippen LogP contribution in [0.1, 0.15) is 37.6 Å². The molecule has 21 heavy (non-hydrogen) atoms. The normalized spacial score (nSPS) is 11.3. The second-order valence-electron chi connectivity index (χ2n) is 5.41. The average Bonchev–Trinajstić information content (AvgIpc) is 2.38. The van der Waals surface area contributed by atoms with Crippen LogP contribution in [0.2, 0.25) is 0 Å². The van der Waals surface area contributed by atoms with Crippen LogP contribution in [0.25, 0.3) is 10.9 Å². The van der Waals surface area contributed by atoms with Gasteiger partial charge in [0.25, 0.3) is 0 Å². The van der Waals surface area contributed by atoms with Crippen LogP contribution >= 0.6 is 15.9 Å². The molecule has 4 nitrogen and oxygen atoms in total. The molecular formula is C16H18BrNO3. The lowest BCUT2D eigenvalue weighted by Crippen LogP contribution is -2.21. The Balaban J connectivity index is 2.79. The van der Waals surface area contributed by atoms with Crippen LogP contribution in [-0.2, 0) is 11.2 Å². The zero-order valence-electron chi connectivity index (χ0n) is 12.3. The molecule has 1 aromatic carbocycles. The molecule has 0 bridgehead atoms. The van der Waals surface area contributed by atoms with Gasteiger partial charge in [0.2, 0.25) is 0 Å². The number of benzene rings is 1. The number of halogens is 1. The van der Waals surface area contributed by atoms with E-state index in [0.717, 1.165) is 15.7 Å². The van der Waals surface area contributed by atoms with E-state index in [1.165, 1.54) is 0 Å². The molecule has 0 aliphatic rings. The Morgan fingerprint density at radius 2 is 2.05 bits per heavy atom. The van der Waals surface area contributed by atoms with Gasteiger partial charge in [0.15, 0.2) is 5.43 Å². The molecule has 0 saturated heterocycles. The minimum Gasteiger partial charge on any atom is -0.481 e. The first-order valence-corrected chi connectivity index (χ1v) is 7.67. The number of carboxylic acid groups (broad SMARTS) is 1. The molecule has 0 aliphatic heterocycles. The minimum atomic E-state index is -0.890. The van der Waals surface area contributed by atoms with Crippen LogP contribution in [0, 0.1) is 6.92 Å². The first-order valence-electron chi connectivity index (χ1n) is 6.88. The van der Waals surface area contributed by atoms with Crippen molar-refractivity contribution in [3.63, 3.8) is 0 Å². The van der Waals surface area contributed by atoms with Crippen molar-refractivity contribution >= 4 is 32.8 Å². The summed E-state index contributed by atoms with van der Waals surface area (Å²) in [4.78, 5) is 23.5. The molecule has 0 aliphatic carbocycles. The summed E-state index contributed by atoms with van der Waals surface area (Å²) < 4.78 is 2.94. The monoisotopic (exact) mass is 351 g/mol. The van der Waals surface area contributed by atoms with E-state index in [0.29, 0.717) is 10.9 Å². The molecule has 0 radical (unpaired) electrons. The summed E-state index contributed by atoms with van der Waals surface area (Å²) >= 11 is 3.39. The van der Waals surface area contributed by atoms with Crippen molar-refractivity contribution in [1.82, 2.24) is 4.57 Å². The summed E-state index contributed by atoms with van der Waals surface area (Å²) in [5, 5.41) is 9.50. The van der Waals surface area contributed by atoms with Crippen LogP contribution in [0.4, 0.5) is 0 Å². The molecule has 1 aromatic heterocycles. The van der Waals surface area contributed by atoms with Gasteiger partial charge in [-0.3, -0.25) is 9.59 Å². The maximum Gasteiger partial charge on any atom is 0.303 e. The number of rotatable bonds is 4. The molecule has 5 heteroatoms. The minimum absolute atomic E-state index is 0.0340. The first kappa shape index (κ1) is 15.8. The summed E-state index contributed by atoms with van der Waals surface area (Å²) in [6.45, 7) is 6.00. The number of aromatic nitrogens is 1. The number of hydrogen-bond acceptors (Lipinski definition) is 2. The zero-order valence-corrected chi connectivity index (χ0v) is 13.9. The number of nitrogens with zero attached hydrogens (tertiary/aromatic N) is 1. The number of pyridine rings is 1. The highest BCUT2D eigenvalue weighted by Gasteiger charge is 2.16. The summed E-state index contributed by atoms with van der Waals surface area (Å²) in [6, 6.07) is 5.84. The Kier molecular flexibility index (Phi) is 4.52. The second-order valence-corrected chi connectivity index (χ2v) is 6.33. The van der Waals surface area contributed by atoms with Gasteiger partial charge < -0.3 is 9.67 Å². The molecular weight excluding hydrogens is 334 g/mol. The fraction of sp³-hybridized carbons (Fsp3) is 0.375. The molecule has 0 spiro atoms. The van der Waals surface area contributed by atoms with Crippen LogP contribution in [0.5, 0.6) is 0 Å². The molecule has 0 saturated carbocycles. The standard InChI is InChI=1S/C16H18BrNO3/c1-9(2)18-10(3)12(5-7-15(19)20)16(21)13-8-11(17)4-6-14(13)18/h4,6,8-9H,5,7H2,1-3H3,(H,19,20). The van der Waals surface area contributed by atoms with Crippen molar-refractivity contribution in [1.29, 1.82) is 0 Å². The van der Waals surface area contributed by atoms with Crippen molar-refractivity contribution in [2.75, 3.05) is 0 Å². The largest absolute Gasteiger partial charge is 0.481 e. The van der Waals surface area contributed by atoms with Gasteiger partial charge >= 0.3 is 5.97 Å². The Labute approximate surface area is 131 Å². The third kappa shape index (κ3) is 3.02. The van der Waals surface area contributed by atoms with Crippen molar-refractivity contribution in [3.8, 4) is 0 Å². The van der Waals surface area contributed by atoms with Gasteiger partial charge in [-0.2, -0.15) is 0 Å². The van der Waals surface area contributed by atoms with Crippen LogP contribution in [-0.4, -0.2) is 15.6 Å². The van der Waals surface area contributed by atoms with E-state index in [4.69, 9.17) is 5.11 Å². The highest BCUT2D eigenvalue weighted by molar-refractivity contribution is 9.10. The van der Waals surface area contributed by atoms with Gasteiger partial charge in [-0.1, -0.05) is 15.9 Å². The summed E-state index contributed by atoms with van der Waals surface area (Å²) in [6.07, 6.45) is 0.225. The Bertz CT molecular complexity index is 762. The summed E-state index contributed by atoms with van der Waals surface area (Å²) in [5.74, 6) is -0.890. The Hall–Kier alpha value is -1.62. The van der Waals surface area contributed by atoms with Crippen LogP contribution < -0.4 is 5.43 Å². The third-order valence-corrected chi connectivity index (χ3v) is 4.13. The lowest BCUT2D eigenvalue weighted by Gasteiger charge is -2.21. The fourth-order valence-corrected chi connectivity index (χ4v) is 3.11. The number of carboxylic acids is 1. The van der Waals surface area contributed by atoms with Gasteiger partial charge in [-0.05, 0) is 45.4 Å². The van der Waals surface area contributed by atoms with Gasteiger partial charge in [0, 0.05) is 33.6 Å². The molecule has 0 fully saturated rings. The Morgan fingerprint density at radius 3 is 2.62 bits per heavy atom. The average molecular weight is 352 g/mol. The van der Waals surface area contributed by atoms with E-state index >= 15 is 0 Å².